The molecule has 1 aromatic carbocycles. The number of aromatic nitrogens is 2. The Morgan fingerprint density at radius 2 is 2.24 bits per heavy atom. The zero-order valence-electron chi connectivity index (χ0n) is 9.84. The molecule has 0 spiro atoms. The average Bonchev–Trinajstić information content (AvgIpc) is 2.32. The van der Waals surface area contributed by atoms with Gasteiger partial charge in [0, 0.05) is 6.54 Å². The summed E-state index contributed by atoms with van der Waals surface area (Å²) in [6, 6.07) is 7.00. The van der Waals surface area contributed by atoms with E-state index in [0.29, 0.717) is 28.9 Å². The van der Waals surface area contributed by atoms with Gasteiger partial charge in [-0.25, -0.2) is 4.98 Å². The van der Waals surface area contributed by atoms with Crippen molar-refractivity contribution in [3.05, 3.63) is 40.4 Å². The summed E-state index contributed by atoms with van der Waals surface area (Å²) in [5.74, 6) is 0.381. The summed E-state index contributed by atoms with van der Waals surface area (Å²) in [7, 11) is 0. The molecule has 4 nitrogen and oxygen atoms in total. The van der Waals surface area contributed by atoms with Crippen molar-refractivity contribution >= 4 is 10.9 Å². The van der Waals surface area contributed by atoms with Gasteiger partial charge in [0.25, 0.3) is 5.56 Å². The second-order valence-electron chi connectivity index (χ2n) is 4.44. The zero-order chi connectivity index (χ0) is 12.4. The topological polar surface area (TPSA) is 58.7 Å². The quantitative estimate of drug-likeness (QED) is 0.787. The first kappa shape index (κ1) is 11.3. The molecule has 0 radical (unpaired) electrons. The first-order valence-electron chi connectivity index (χ1n) is 5.51. The molecule has 17 heavy (non-hydrogen) atoms. The molecule has 4 heteroatoms. The number of nitriles is 1. The highest BCUT2D eigenvalue weighted by Crippen LogP contribution is 2.09. The fourth-order valence-electron chi connectivity index (χ4n) is 1.75. The van der Waals surface area contributed by atoms with Crippen LogP contribution in [0.2, 0.25) is 0 Å². The van der Waals surface area contributed by atoms with Crippen molar-refractivity contribution in [1.29, 1.82) is 5.26 Å². The van der Waals surface area contributed by atoms with Crippen molar-refractivity contribution in [3.8, 4) is 6.07 Å². The Labute approximate surface area is 99.1 Å². The lowest BCUT2D eigenvalue weighted by atomic mass is 10.1. The molecule has 0 amide bonds. The highest BCUT2D eigenvalue weighted by atomic mass is 16.1. The summed E-state index contributed by atoms with van der Waals surface area (Å²) in [4.78, 5) is 16.4. The monoisotopic (exact) mass is 227 g/mol. The molecule has 0 aliphatic heterocycles. The van der Waals surface area contributed by atoms with E-state index in [0.717, 1.165) is 0 Å². The van der Waals surface area contributed by atoms with E-state index < -0.39 is 0 Å². The van der Waals surface area contributed by atoms with E-state index in [2.05, 4.69) is 4.98 Å². The van der Waals surface area contributed by atoms with E-state index in [9.17, 15) is 4.79 Å². The second kappa shape index (κ2) is 4.38. The fourth-order valence-corrected chi connectivity index (χ4v) is 1.75. The van der Waals surface area contributed by atoms with Crippen LogP contribution in [0.4, 0.5) is 0 Å². The SMILES string of the molecule is CC(C)Cn1cnc2ccc(C#N)cc2c1=O. The van der Waals surface area contributed by atoms with Crippen LogP contribution in [-0.4, -0.2) is 9.55 Å². The highest BCUT2D eigenvalue weighted by molar-refractivity contribution is 5.78. The number of fused-ring (bicyclic) bond motifs is 1. The Hall–Kier alpha value is -2.15. The number of benzene rings is 1. The lowest BCUT2D eigenvalue weighted by Crippen LogP contribution is -2.22. The van der Waals surface area contributed by atoms with Gasteiger partial charge in [0.05, 0.1) is 28.9 Å². The summed E-state index contributed by atoms with van der Waals surface area (Å²) >= 11 is 0. The van der Waals surface area contributed by atoms with Gasteiger partial charge in [0.15, 0.2) is 0 Å². The van der Waals surface area contributed by atoms with Crippen LogP contribution in [0.15, 0.2) is 29.3 Å². The van der Waals surface area contributed by atoms with Gasteiger partial charge in [-0.1, -0.05) is 13.8 Å². The molecular weight excluding hydrogens is 214 g/mol. The van der Waals surface area contributed by atoms with Crippen molar-refractivity contribution < 1.29 is 0 Å². The number of hydrogen-bond acceptors (Lipinski definition) is 3. The maximum atomic E-state index is 12.1. The maximum absolute atomic E-state index is 12.1. The van der Waals surface area contributed by atoms with Crippen LogP contribution in [0, 0.1) is 17.2 Å². The second-order valence-corrected chi connectivity index (χ2v) is 4.44. The molecule has 0 aliphatic rings. The molecule has 0 unspecified atom stereocenters. The summed E-state index contributed by atoms with van der Waals surface area (Å²) in [5, 5.41) is 9.33. The van der Waals surface area contributed by atoms with Crippen molar-refractivity contribution in [3.63, 3.8) is 0 Å². The molecule has 2 rings (SSSR count). The minimum atomic E-state index is -0.0826. The van der Waals surface area contributed by atoms with E-state index >= 15 is 0 Å². The first-order valence-corrected chi connectivity index (χ1v) is 5.51. The molecule has 0 bridgehead atoms. The molecule has 0 atom stereocenters. The average molecular weight is 227 g/mol. The Morgan fingerprint density at radius 3 is 2.88 bits per heavy atom. The van der Waals surface area contributed by atoms with Crippen LogP contribution in [0.1, 0.15) is 19.4 Å². The smallest absolute Gasteiger partial charge is 0.261 e. The number of nitrogens with zero attached hydrogens (tertiary/aromatic N) is 3. The Kier molecular flexibility index (Phi) is 2.92. The molecule has 86 valence electrons. The largest absolute Gasteiger partial charge is 0.298 e. The highest BCUT2D eigenvalue weighted by Gasteiger charge is 2.06. The molecule has 0 saturated heterocycles. The van der Waals surface area contributed by atoms with E-state index in [1.165, 1.54) is 0 Å². The molecule has 2 aromatic rings. The van der Waals surface area contributed by atoms with Crippen molar-refractivity contribution in [1.82, 2.24) is 9.55 Å². The Balaban J connectivity index is 2.65. The van der Waals surface area contributed by atoms with E-state index in [-0.39, 0.29) is 5.56 Å². The Morgan fingerprint density at radius 1 is 1.47 bits per heavy atom. The fraction of sp³-hybridized carbons (Fsp3) is 0.308. The standard InChI is InChI=1S/C13H13N3O/c1-9(2)7-16-8-15-12-4-3-10(6-14)5-11(12)13(16)17/h3-5,8-9H,7H2,1-2H3. The van der Waals surface area contributed by atoms with Gasteiger partial charge >= 0.3 is 0 Å². The van der Waals surface area contributed by atoms with E-state index in [1.807, 2.05) is 19.9 Å². The van der Waals surface area contributed by atoms with Gasteiger partial charge < -0.3 is 0 Å². The zero-order valence-corrected chi connectivity index (χ0v) is 9.84. The molecule has 0 N–H and O–H groups in total. The van der Waals surface area contributed by atoms with Gasteiger partial charge in [0.2, 0.25) is 0 Å². The third-order valence-corrected chi connectivity index (χ3v) is 2.51. The van der Waals surface area contributed by atoms with E-state index in [1.54, 1.807) is 29.1 Å². The van der Waals surface area contributed by atoms with Gasteiger partial charge in [-0.3, -0.25) is 9.36 Å². The molecule has 0 saturated carbocycles. The predicted molar refractivity (Wildman–Crippen MR) is 65.6 cm³/mol. The summed E-state index contributed by atoms with van der Waals surface area (Å²) in [6.45, 7) is 4.73. The molecule has 0 aliphatic carbocycles. The molecule has 1 aromatic heterocycles. The minimum Gasteiger partial charge on any atom is -0.298 e. The van der Waals surface area contributed by atoms with Crippen molar-refractivity contribution in [2.45, 2.75) is 20.4 Å². The predicted octanol–water partition coefficient (Wildman–Crippen LogP) is 1.92. The van der Waals surface area contributed by atoms with Crippen molar-refractivity contribution in [2.75, 3.05) is 0 Å². The third-order valence-electron chi connectivity index (χ3n) is 2.51. The van der Waals surface area contributed by atoms with Crippen LogP contribution in [0.5, 0.6) is 0 Å². The van der Waals surface area contributed by atoms with Gasteiger partial charge in [-0.2, -0.15) is 5.26 Å². The summed E-state index contributed by atoms with van der Waals surface area (Å²) in [5.41, 5.74) is 1.04. The lowest BCUT2D eigenvalue weighted by molar-refractivity contribution is 0.508. The number of rotatable bonds is 2. The Bertz CT molecular complexity index is 650. The summed E-state index contributed by atoms with van der Waals surface area (Å²) < 4.78 is 1.59. The van der Waals surface area contributed by atoms with Crippen LogP contribution in [0.25, 0.3) is 10.9 Å². The van der Waals surface area contributed by atoms with Gasteiger partial charge in [-0.05, 0) is 24.1 Å². The summed E-state index contributed by atoms with van der Waals surface area (Å²) in [6.07, 6.45) is 1.57. The van der Waals surface area contributed by atoms with Crippen LogP contribution in [0.3, 0.4) is 0 Å². The van der Waals surface area contributed by atoms with Gasteiger partial charge in [0.1, 0.15) is 0 Å². The third kappa shape index (κ3) is 2.18. The van der Waals surface area contributed by atoms with Crippen LogP contribution in [-0.2, 0) is 6.54 Å². The van der Waals surface area contributed by atoms with Crippen LogP contribution < -0.4 is 5.56 Å². The van der Waals surface area contributed by atoms with Crippen LogP contribution >= 0.6 is 0 Å². The first-order chi connectivity index (χ1) is 8.11. The molecule has 1 heterocycles. The van der Waals surface area contributed by atoms with Gasteiger partial charge in [-0.15, -0.1) is 0 Å². The molecule has 0 fully saturated rings. The number of hydrogen-bond donors (Lipinski definition) is 0. The van der Waals surface area contributed by atoms with Crippen molar-refractivity contribution in [2.24, 2.45) is 5.92 Å². The maximum Gasteiger partial charge on any atom is 0.261 e. The minimum absolute atomic E-state index is 0.0826. The molecular formula is C13H13N3O. The van der Waals surface area contributed by atoms with E-state index in [4.69, 9.17) is 5.26 Å². The lowest BCUT2D eigenvalue weighted by Gasteiger charge is -2.08. The normalized spacial score (nSPS) is 10.7.